The molecular formula is C18H16ClF2N3. The Morgan fingerprint density at radius 1 is 1.33 bits per heavy atom. The van der Waals surface area contributed by atoms with Crippen LogP contribution in [0.15, 0.2) is 42.9 Å². The molecule has 3 aromatic rings. The maximum absolute atomic E-state index is 12.7. The highest BCUT2D eigenvalue weighted by Gasteiger charge is 2.14. The first kappa shape index (κ1) is 16.6. The first-order valence-corrected chi connectivity index (χ1v) is 7.91. The summed E-state index contributed by atoms with van der Waals surface area (Å²) in [7, 11) is 0. The van der Waals surface area contributed by atoms with E-state index >= 15 is 0 Å². The second-order valence-corrected chi connectivity index (χ2v) is 5.94. The summed E-state index contributed by atoms with van der Waals surface area (Å²) in [5, 5.41) is 4.69. The van der Waals surface area contributed by atoms with Crippen LogP contribution in [0.4, 0.5) is 8.78 Å². The average molecular weight is 348 g/mol. The van der Waals surface area contributed by atoms with E-state index in [1.165, 1.54) is 6.20 Å². The van der Waals surface area contributed by atoms with Gasteiger partial charge in [-0.1, -0.05) is 17.7 Å². The molecule has 3 aromatic heterocycles. The summed E-state index contributed by atoms with van der Waals surface area (Å²) in [4.78, 5) is 4.29. The van der Waals surface area contributed by atoms with Crippen molar-refractivity contribution < 1.29 is 8.78 Å². The quantitative estimate of drug-likeness (QED) is 0.668. The van der Waals surface area contributed by atoms with Crippen LogP contribution in [0.25, 0.3) is 11.1 Å². The maximum atomic E-state index is 12.7. The molecule has 0 aliphatic rings. The minimum absolute atomic E-state index is 0.310. The molecule has 6 heteroatoms. The molecular weight excluding hydrogens is 332 g/mol. The van der Waals surface area contributed by atoms with Crippen LogP contribution in [0.1, 0.15) is 29.3 Å². The van der Waals surface area contributed by atoms with E-state index in [1.54, 1.807) is 16.9 Å². The van der Waals surface area contributed by atoms with Crippen LogP contribution >= 0.6 is 11.6 Å². The largest absolute Gasteiger partial charge is 0.259 e. The number of allylic oxidation sites excluding steroid dienone is 1. The lowest BCUT2D eigenvalue weighted by atomic mass is 9.97. The first-order valence-electron chi connectivity index (χ1n) is 7.53. The fourth-order valence-electron chi connectivity index (χ4n) is 2.78. The van der Waals surface area contributed by atoms with E-state index in [1.807, 2.05) is 38.1 Å². The summed E-state index contributed by atoms with van der Waals surface area (Å²) < 4.78 is 27.1. The van der Waals surface area contributed by atoms with Gasteiger partial charge >= 0.3 is 0 Å². The third-order valence-corrected chi connectivity index (χ3v) is 4.13. The molecule has 0 saturated carbocycles. The van der Waals surface area contributed by atoms with Gasteiger partial charge < -0.3 is 0 Å². The van der Waals surface area contributed by atoms with Gasteiger partial charge in [0.2, 0.25) is 6.43 Å². The number of nitrogens with zero attached hydrogens (tertiary/aromatic N) is 3. The highest BCUT2D eigenvalue weighted by Crippen LogP contribution is 2.29. The summed E-state index contributed by atoms with van der Waals surface area (Å²) >= 11 is 6.08. The number of halogens is 3. The van der Waals surface area contributed by atoms with E-state index in [2.05, 4.69) is 10.1 Å². The molecule has 0 aromatic carbocycles. The second kappa shape index (κ2) is 6.69. The second-order valence-electron chi connectivity index (χ2n) is 5.50. The molecule has 0 amide bonds. The zero-order valence-electron chi connectivity index (χ0n) is 13.3. The Balaban J connectivity index is 2.11. The Labute approximate surface area is 143 Å². The lowest BCUT2D eigenvalue weighted by Crippen LogP contribution is -1.98. The molecule has 0 aliphatic heterocycles. The minimum atomic E-state index is -2.40. The van der Waals surface area contributed by atoms with Gasteiger partial charge in [-0.05, 0) is 43.2 Å². The van der Waals surface area contributed by atoms with Gasteiger partial charge in [0.25, 0.3) is 0 Å². The van der Waals surface area contributed by atoms with E-state index in [-0.39, 0.29) is 6.42 Å². The zero-order chi connectivity index (χ0) is 17.3. The lowest BCUT2D eigenvalue weighted by Gasteiger charge is -2.11. The zero-order valence-corrected chi connectivity index (χ0v) is 14.1. The van der Waals surface area contributed by atoms with Gasteiger partial charge in [-0.3, -0.25) is 4.98 Å². The monoisotopic (exact) mass is 347 g/mol. The average Bonchev–Trinajstić information content (AvgIpc) is 2.93. The van der Waals surface area contributed by atoms with E-state index in [0.717, 1.165) is 22.4 Å². The SMILES string of the molecule is C/C=C(/c1ccn2ncc(CC(F)F)c2c1)c1cc(Cl)cnc1C. The minimum Gasteiger partial charge on any atom is -0.259 e. The van der Waals surface area contributed by atoms with Crippen LogP contribution in [-0.2, 0) is 6.42 Å². The molecule has 0 radical (unpaired) electrons. The first-order chi connectivity index (χ1) is 11.5. The molecule has 0 N–H and O–H groups in total. The molecule has 3 heterocycles. The van der Waals surface area contributed by atoms with E-state index in [9.17, 15) is 8.78 Å². The van der Waals surface area contributed by atoms with Crippen molar-refractivity contribution >= 4 is 22.7 Å². The molecule has 0 spiro atoms. The standard InChI is InChI=1S/C18H16ClF2N3/c1-3-15(16-8-14(19)10-22-11(16)2)12-4-5-24-17(6-12)13(9-23-24)7-18(20)21/h3-6,8-10,18H,7H2,1-2H3/b15-3-. The Morgan fingerprint density at radius 3 is 2.83 bits per heavy atom. The third kappa shape index (κ3) is 3.17. The molecule has 24 heavy (non-hydrogen) atoms. The van der Waals surface area contributed by atoms with Crippen LogP contribution in [-0.4, -0.2) is 21.0 Å². The normalized spacial score (nSPS) is 12.3. The number of alkyl halides is 2. The number of hydrogen-bond acceptors (Lipinski definition) is 2. The van der Waals surface area contributed by atoms with Gasteiger partial charge in [-0.15, -0.1) is 0 Å². The number of pyridine rings is 2. The van der Waals surface area contributed by atoms with Crippen LogP contribution in [0, 0.1) is 6.92 Å². The van der Waals surface area contributed by atoms with Crippen LogP contribution in [0.2, 0.25) is 5.02 Å². The summed E-state index contributed by atoms with van der Waals surface area (Å²) in [6.07, 6.45) is 4.13. The van der Waals surface area contributed by atoms with Gasteiger partial charge in [0.1, 0.15) is 0 Å². The molecule has 3 rings (SSSR count). The molecule has 0 saturated heterocycles. The summed E-state index contributed by atoms with van der Waals surface area (Å²) in [6, 6.07) is 5.64. The van der Waals surface area contributed by atoms with Crippen molar-refractivity contribution in [3.05, 3.63) is 70.3 Å². The predicted octanol–water partition coefficient (Wildman–Crippen LogP) is 4.95. The number of hydrogen-bond donors (Lipinski definition) is 0. The van der Waals surface area contributed by atoms with Gasteiger partial charge in [-0.2, -0.15) is 5.10 Å². The Hall–Kier alpha value is -2.27. The molecule has 0 fully saturated rings. The van der Waals surface area contributed by atoms with Crippen LogP contribution in [0.5, 0.6) is 0 Å². The van der Waals surface area contributed by atoms with Crippen molar-refractivity contribution in [2.24, 2.45) is 0 Å². The van der Waals surface area contributed by atoms with E-state index in [4.69, 9.17) is 11.6 Å². The number of aryl methyl sites for hydroxylation is 1. The van der Waals surface area contributed by atoms with Crippen molar-refractivity contribution in [3.63, 3.8) is 0 Å². The summed E-state index contributed by atoms with van der Waals surface area (Å²) in [5.41, 5.74) is 4.85. The van der Waals surface area contributed by atoms with Gasteiger partial charge in [0, 0.05) is 35.6 Å². The summed E-state index contributed by atoms with van der Waals surface area (Å²) in [6.45, 7) is 3.84. The van der Waals surface area contributed by atoms with Gasteiger partial charge in [0.15, 0.2) is 0 Å². The van der Waals surface area contributed by atoms with Gasteiger partial charge in [-0.25, -0.2) is 13.3 Å². The van der Waals surface area contributed by atoms with Crippen LogP contribution < -0.4 is 0 Å². The Morgan fingerprint density at radius 2 is 2.12 bits per heavy atom. The smallest absolute Gasteiger partial charge is 0.242 e. The molecule has 0 bridgehead atoms. The van der Waals surface area contributed by atoms with Crippen molar-refractivity contribution in [2.75, 3.05) is 0 Å². The topological polar surface area (TPSA) is 30.2 Å². The van der Waals surface area contributed by atoms with Crippen LogP contribution in [0.3, 0.4) is 0 Å². The highest BCUT2D eigenvalue weighted by atomic mass is 35.5. The molecule has 0 atom stereocenters. The number of fused-ring (bicyclic) bond motifs is 1. The van der Waals surface area contributed by atoms with Crippen molar-refractivity contribution in [1.29, 1.82) is 0 Å². The van der Waals surface area contributed by atoms with Crippen molar-refractivity contribution in [3.8, 4) is 0 Å². The number of aromatic nitrogens is 3. The van der Waals surface area contributed by atoms with E-state index in [0.29, 0.717) is 16.1 Å². The molecule has 124 valence electrons. The highest BCUT2D eigenvalue weighted by molar-refractivity contribution is 6.30. The fourth-order valence-corrected chi connectivity index (χ4v) is 2.94. The maximum Gasteiger partial charge on any atom is 0.242 e. The Kier molecular flexibility index (Phi) is 4.62. The summed E-state index contributed by atoms with van der Waals surface area (Å²) in [5.74, 6) is 0. The molecule has 0 aliphatic carbocycles. The van der Waals surface area contributed by atoms with Crippen molar-refractivity contribution in [2.45, 2.75) is 26.7 Å². The molecule has 3 nitrogen and oxygen atoms in total. The van der Waals surface area contributed by atoms with Gasteiger partial charge in [0.05, 0.1) is 16.7 Å². The molecule has 0 unspecified atom stereocenters. The van der Waals surface area contributed by atoms with E-state index < -0.39 is 6.43 Å². The lowest BCUT2D eigenvalue weighted by molar-refractivity contribution is 0.149. The predicted molar refractivity (Wildman–Crippen MR) is 91.6 cm³/mol. The van der Waals surface area contributed by atoms with Crippen molar-refractivity contribution in [1.82, 2.24) is 14.6 Å². The Bertz CT molecular complexity index is 916. The number of rotatable bonds is 4. The fraction of sp³-hybridized carbons (Fsp3) is 0.222. The third-order valence-electron chi connectivity index (χ3n) is 3.92.